The molecule has 0 aromatic carbocycles. The average molecular weight is 245 g/mol. The number of alkyl halides is 3. The summed E-state index contributed by atoms with van der Waals surface area (Å²) in [7, 11) is 1.31. The zero-order valence-electron chi connectivity index (χ0n) is 8.99. The Morgan fingerprint density at radius 2 is 2.18 bits per heavy atom. The lowest BCUT2D eigenvalue weighted by atomic mass is 10.1. The van der Waals surface area contributed by atoms with Gasteiger partial charge in [0.2, 0.25) is 5.88 Å². The molecule has 17 heavy (non-hydrogen) atoms. The van der Waals surface area contributed by atoms with Crippen LogP contribution in [0.3, 0.4) is 0 Å². The smallest absolute Gasteiger partial charge is 0.417 e. The van der Waals surface area contributed by atoms with Crippen LogP contribution < -0.4 is 4.74 Å². The molecule has 0 amide bonds. The molecule has 1 aromatic rings. The van der Waals surface area contributed by atoms with Crippen LogP contribution in [-0.4, -0.2) is 18.4 Å². The largest absolute Gasteiger partial charge is 0.481 e. The molecular formula is C11H10F3NO2. The van der Waals surface area contributed by atoms with Crippen LogP contribution in [0.2, 0.25) is 0 Å². The van der Waals surface area contributed by atoms with Crippen molar-refractivity contribution in [2.45, 2.75) is 12.6 Å². The van der Waals surface area contributed by atoms with E-state index in [0.29, 0.717) is 12.5 Å². The number of pyridine rings is 1. The summed E-state index contributed by atoms with van der Waals surface area (Å²) in [5.41, 5.74) is -0.673. The lowest BCUT2D eigenvalue weighted by molar-refractivity contribution is -0.137. The molecule has 0 aliphatic rings. The number of halogens is 3. The quantitative estimate of drug-likeness (QED) is 0.765. The minimum atomic E-state index is -4.45. The fourth-order valence-corrected chi connectivity index (χ4v) is 1.16. The van der Waals surface area contributed by atoms with Gasteiger partial charge in [-0.15, -0.1) is 0 Å². The van der Waals surface area contributed by atoms with E-state index >= 15 is 0 Å². The van der Waals surface area contributed by atoms with E-state index in [4.69, 9.17) is 4.74 Å². The maximum Gasteiger partial charge on any atom is 0.417 e. The van der Waals surface area contributed by atoms with E-state index in [2.05, 4.69) is 4.98 Å². The van der Waals surface area contributed by atoms with Crippen molar-refractivity contribution in [2.24, 2.45) is 0 Å². The summed E-state index contributed by atoms with van der Waals surface area (Å²) in [5, 5.41) is 0. The van der Waals surface area contributed by atoms with Crippen molar-refractivity contribution in [1.82, 2.24) is 4.98 Å². The molecule has 3 nitrogen and oxygen atoms in total. The van der Waals surface area contributed by atoms with Crippen LogP contribution in [0.5, 0.6) is 5.88 Å². The maximum absolute atomic E-state index is 12.4. The fraction of sp³-hybridized carbons (Fsp3) is 0.273. The molecule has 0 saturated carbocycles. The Morgan fingerprint density at radius 3 is 2.71 bits per heavy atom. The molecule has 0 spiro atoms. The predicted octanol–water partition coefficient (Wildman–Crippen LogP) is 2.71. The van der Waals surface area contributed by atoms with Crippen LogP contribution >= 0.6 is 0 Å². The van der Waals surface area contributed by atoms with E-state index in [1.54, 1.807) is 0 Å². The predicted molar refractivity (Wildman–Crippen MR) is 55.5 cm³/mol. The molecular weight excluding hydrogens is 235 g/mol. The third kappa shape index (κ3) is 3.58. The van der Waals surface area contributed by atoms with Gasteiger partial charge in [0.05, 0.1) is 12.7 Å². The summed E-state index contributed by atoms with van der Waals surface area (Å²) in [6, 6.07) is 0.924. The molecule has 0 saturated heterocycles. The van der Waals surface area contributed by atoms with Gasteiger partial charge in [0.25, 0.3) is 0 Å². The molecule has 92 valence electrons. The van der Waals surface area contributed by atoms with E-state index in [1.165, 1.54) is 19.3 Å². The summed E-state index contributed by atoms with van der Waals surface area (Å²) in [6.45, 7) is 0. The van der Waals surface area contributed by atoms with Gasteiger partial charge in [-0.3, -0.25) is 0 Å². The molecule has 0 aliphatic heterocycles. The van der Waals surface area contributed by atoms with Gasteiger partial charge in [-0.2, -0.15) is 13.2 Å². The summed E-state index contributed by atoms with van der Waals surface area (Å²) in [4.78, 5) is 13.7. The Bertz CT molecular complexity index is 427. The standard InChI is InChI=1S/C11H10F3NO2/c1-17-10-8(4-2-3-5-16)6-9(7-15-10)11(12,13)14/h2,4-7H,3H2,1H3. The van der Waals surface area contributed by atoms with Gasteiger partial charge < -0.3 is 9.53 Å². The van der Waals surface area contributed by atoms with Crippen molar-refractivity contribution >= 4 is 12.4 Å². The monoisotopic (exact) mass is 245 g/mol. The highest BCUT2D eigenvalue weighted by atomic mass is 19.4. The molecule has 0 N–H and O–H groups in total. The van der Waals surface area contributed by atoms with Crippen molar-refractivity contribution in [2.75, 3.05) is 7.11 Å². The average Bonchev–Trinajstić information content (AvgIpc) is 2.28. The maximum atomic E-state index is 12.4. The van der Waals surface area contributed by atoms with Gasteiger partial charge in [-0.1, -0.05) is 12.2 Å². The second-order valence-corrected chi connectivity index (χ2v) is 3.12. The Morgan fingerprint density at radius 1 is 1.47 bits per heavy atom. The lowest BCUT2D eigenvalue weighted by Gasteiger charge is -2.09. The number of aldehydes is 1. The fourth-order valence-electron chi connectivity index (χ4n) is 1.16. The zero-order valence-corrected chi connectivity index (χ0v) is 8.99. The van der Waals surface area contributed by atoms with Crippen LogP contribution in [0.15, 0.2) is 18.3 Å². The second kappa shape index (κ2) is 5.47. The lowest BCUT2D eigenvalue weighted by Crippen LogP contribution is -2.06. The van der Waals surface area contributed by atoms with E-state index in [0.717, 1.165) is 6.07 Å². The van der Waals surface area contributed by atoms with Crippen molar-refractivity contribution < 1.29 is 22.7 Å². The van der Waals surface area contributed by atoms with E-state index in [-0.39, 0.29) is 17.9 Å². The number of nitrogens with zero attached hydrogens (tertiary/aromatic N) is 1. The van der Waals surface area contributed by atoms with E-state index in [9.17, 15) is 18.0 Å². The molecule has 0 radical (unpaired) electrons. The SMILES string of the molecule is COc1ncc(C(F)(F)F)cc1C=CCC=O. The number of carbonyl (C=O) groups is 1. The summed E-state index contributed by atoms with van der Waals surface area (Å²) in [5.74, 6) is 0.0835. The van der Waals surface area contributed by atoms with Gasteiger partial charge in [-0.25, -0.2) is 4.98 Å². The Labute approximate surface area is 95.9 Å². The third-order valence-electron chi connectivity index (χ3n) is 1.93. The molecule has 0 unspecified atom stereocenters. The molecule has 0 aliphatic carbocycles. The van der Waals surface area contributed by atoms with Gasteiger partial charge in [0.15, 0.2) is 0 Å². The van der Waals surface area contributed by atoms with Crippen LogP contribution in [0.4, 0.5) is 13.2 Å². The first-order chi connectivity index (χ1) is 7.99. The summed E-state index contributed by atoms with van der Waals surface area (Å²) >= 11 is 0. The number of hydrogen-bond acceptors (Lipinski definition) is 3. The number of rotatable bonds is 4. The van der Waals surface area contributed by atoms with Gasteiger partial charge in [-0.05, 0) is 6.07 Å². The van der Waals surface area contributed by atoms with Crippen LogP contribution in [0.25, 0.3) is 6.08 Å². The first-order valence-electron chi connectivity index (χ1n) is 4.70. The molecule has 1 rings (SSSR count). The summed E-state index contributed by atoms with van der Waals surface area (Å²) in [6.07, 6.45) is -0.173. The number of hydrogen-bond donors (Lipinski definition) is 0. The number of carbonyl (C=O) groups excluding carboxylic acids is 1. The van der Waals surface area contributed by atoms with Crippen LogP contribution in [-0.2, 0) is 11.0 Å². The normalized spacial score (nSPS) is 11.8. The molecule has 0 fully saturated rings. The highest BCUT2D eigenvalue weighted by Crippen LogP contribution is 2.31. The van der Waals surface area contributed by atoms with Gasteiger partial charge in [0.1, 0.15) is 6.29 Å². The first kappa shape index (κ1) is 13.2. The second-order valence-electron chi connectivity index (χ2n) is 3.12. The molecule has 0 bridgehead atoms. The highest BCUT2D eigenvalue weighted by Gasteiger charge is 2.31. The minimum absolute atomic E-state index is 0.0835. The Hall–Kier alpha value is -1.85. The third-order valence-corrected chi connectivity index (χ3v) is 1.93. The van der Waals surface area contributed by atoms with Gasteiger partial charge in [0, 0.05) is 18.2 Å². The van der Waals surface area contributed by atoms with E-state index < -0.39 is 11.7 Å². The number of methoxy groups -OCH3 is 1. The molecule has 1 aromatic heterocycles. The Balaban J connectivity index is 3.11. The molecule has 1 heterocycles. The van der Waals surface area contributed by atoms with Crippen molar-refractivity contribution in [3.63, 3.8) is 0 Å². The zero-order chi connectivity index (χ0) is 12.9. The summed E-state index contributed by atoms with van der Waals surface area (Å²) < 4.78 is 42.1. The highest BCUT2D eigenvalue weighted by molar-refractivity contribution is 5.60. The van der Waals surface area contributed by atoms with Crippen molar-refractivity contribution in [3.05, 3.63) is 29.5 Å². The van der Waals surface area contributed by atoms with Crippen molar-refractivity contribution in [3.8, 4) is 5.88 Å². The van der Waals surface area contributed by atoms with Crippen LogP contribution in [0.1, 0.15) is 17.5 Å². The minimum Gasteiger partial charge on any atom is -0.481 e. The van der Waals surface area contributed by atoms with Gasteiger partial charge >= 0.3 is 6.18 Å². The van der Waals surface area contributed by atoms with Crippen LogP contribution in [0, 0.1) is 0 Å². The molecule has 0 atom stereocenters. The first-order valence-corrected chi connectivity index (χ1v) is 4.70. The number of aromatic nitrogens is 1. The van der Waals surface area contributed by atoms with E-state index in [1.807, 2.05) is 0 Å². The van der Waals surface area contributed by atoms with Crippen molar-refractivity contribution in [1.29, 1.82) is 0 Å². The number of allylic oxidation sites excluding steroid dienone is 1. The molecule has 6 heteroatoms. The topological polar surface area (TPSA) is 39.2 Å². The number of ether oxygens (including phenoxy) is 1. The Kier molecular flexibility index (Phi) is 4.25.